The Morgan fingerprint density at radius 1 is 1.64 bits per heavy atom. The lowest BCUT2D eigenvalue weighted by molar-refractivity contribution is -0.127. The van der Waals surface area contributed by atoms with Crippen molar-refractivity contribution in [3.63, 3.8) is 0 Å². The first-order chi connectivity index (χ1) is 6.65. The van der Waals surface area contributed by atoms with E-state index >= 15 is 0 Å². The van der Waals surface area contributed by atoms with E-state index in [2.05, 4.69) is 6.92 Å². The van der Waals surface area contributed by atoms with Gasteiger partial charge in [0.2, 0.25) is 5.91 Å². The summed E-state index contributed by atoms with van der Waals surface area (Å²) in [4.78, 5) is 13.0. The Morgan fingerprint density at radius 3 is 2.86 bits per heavy atom. The highest BCUT2D eigenvalue weighted by Crippen LogP contribution is 2.26. The number of carbonyl (C=O) groups is 1. The van der Waals surface area contributed by atoms with E-state index in [1.54, 1.807) is 6.92 Å². The van der Waals surface area contributed by atoms with E-state index in [9.17, 15) is 4.79 Å². The van der Waals surface area contributed by atoms with E-state index in [4.69, 9.17) is 5.11 Å². The number of amides is 1. The molecule has 0 bridgehead atoms. The molecule has 0 radical (unpaired) electrons. The quantitative estimate of drug-likeness (QED) is 0.740. The van der Waals surface area contributed by atoms with Crippen LogP contribution in [0.5, 0.6) is 0 Å². The van der Waals surface area contributed by atoms with Crippen LogP contribution in [-0.4, -0.2) is 35.6 Å². The smallest absolute Gasteiger partial charge is 0.219 e. The van der Waals surface area contributed by atoms with E-state index in [-0.39, 0.29) is 12.5 Å². The predicted octanol–water partition coefficient (Wildman–Crippen LogP) is 1.26. The number of nitrogens with zero attached hydrogens (tertiary/aromatic N) is 1. The monoisotopic (exact) mass is 199 g/mol. The van der Waals surface area contributed by atoms with Crippen molar-refractivity contribution in [2.24, 2.45) is 11.8 Å². The molecule has 1 fully saturated rings. The zero-order chi connectivity index (χ0) is 10.6. The first-order valence-electron chi connectivity index (χ1n) is 5.51. The maximum atomic E-state index is 11.1. The van der Waals surface area contributed by atoms with Crippen LogP contribution in [0, 0.1) is 11.8 Å². The van der Waals surface area contributed by atoms with Gasteiger partial charge in [-0.3, -0.25) is 4.79 Å². The molecule has 3 nitrogen and oxygen atoms in total. The van der Waals surface area contributed by atoms with Gasteiger partial charge in [0.05, 0.1) is 0 Å². The Kier molecular flexibility index (Phi) is 4.39. The number of carbonyl (C=O) groups excluding carboxylic acids is 1. The maximum Gasteiger partial charge on any atom is 0.219 e. The van der Waals surface area contributed by atoms with Crippen molar-refractivity contribution in [2.75, 3.05) is 19.7 Å². The van der Waals surface area contributed by atoms with Crippen LogP contribution in [-0.2, 0) is 4.79 Å². The molecular formula is C11H21NO2. The van der Waals surface area contributed by atoms with Gasteiger partial charge >= 0.3 is 0 Å². The van der Waals surface area contributed by atoms with Crippen molar-refractivity contribution in [1.29, 1.82) is 0 Å². The summed E-state index contributed by atoms with van der Waals surface area (Å²) in [5.41, 5.74) is 0. The molecule has 82 valence electrons. The number of likely N-dealkylation sites (tertiary alicyclic amines) is 1. The molecule has 0 aromatic rings. The highest BCUT2D eigenvalue weighted by Gasteiger charge is 2.27. The van der Waals surface area contributed by atoms with E-state index in [0.29, 0.717) is 11.8 Å². The normalized spacial score (nSPS) is 23.9. The van der Waals surface area contributed by atoms with E-state index in [1.165, 1.54) is 0 Å². The average molecular weight is 199 g/mol. The van der Waals surface area contributed by atoms with Gasteiger partial charge < -0.3 is 10.0 Å². The molecule has 2 atom stereocenters. The molecule has 1 aliphatic heterocycles. The zero-order valence-electron chi connectivity index (χ0n) is 9.20. The molecule has 1 saturated heterocycles. The van der Waals surface area contributed by atoms with Crippen molar-refractivity contribution in [2.45, 2.75) is 33.1 Å². The maximum absolute atomic E-state index is 11.1. The highest BCUT2D eigenvalue weighted by atomic mass is 16.2. The largest absolute Gasteiger partial charge is 0.396 e. The lowest BCUT2D eigenvalue weighted by atomic mass is 9.89. The molecule has 1 N–H and O–H groups in total. The molecule has 0 aliphatic carbocycles. The minimum atomic E-state index is 0.196. The zero-order valence-corrected chi connectivity index (χ0v) is 9.20. The lowest BCUT2D eigenvalue weighted by Crippen LogP contribution is -2.27. The number of rotatable bonds is 4. The fourth-order valence-corrected chi connectivity index (χ4v) is 2.19. The standard InChI is InChI=1S/C11H21NO2/c1-9(4-3-7-13)11-5-6-12(8-11)10(2)14/h9,11,13H,3-8H2,1-2H3. The highest BCUT2D eigenvalue weighted by molar-refractivity contribution is 5.73. The van der Waals surface area contributed by atoms with E-state index < -0.39 is 0 Å². The molecule has 2 unspecified atom stereocenters. The van der Waals surface area contributed by atoms with E-state index in [0.717, 1.165) is 32.4 Å². The minimum absolute atomic E-state index is 0.196. The third-order valence-electron chi connectivity index (χ3n) is 3.29. The predicted molar refractivity (Wildman–Crippen MR) is 55.8 cm³/mol. The third kappa shape index (κ3) is 2.98. The van der Waals surface area contributed by atoms with Gasteiger partial charge in [-0.25, -0.2) is 0 Å². The van der Waals surface area contributed by atoms with Crippen molar-refractivity contribution in [3.05, 3.63) is 0 Å². The van der Waals surface area contributed by atoms with Gasteiger partial charge in [-0.2, -0.15) is 0 Å². The Labute approximate surface area is 86.1 Å². The molecule has 1 rings (SSSR count). The molecule has 0 aromatic heterocycles. The fourth-order valence-electron chi connectivity index (χ4n) is 2.19. The summed E-state index contributed by atoms with van der Waals surface area (Å²) < 4.78 is 0. The van der Waals surface area contributed by atoms with Gasteiger partial charge in [0.1, 0.15) is 0 Å². The second-order valence-corrected chi connectivity index (χ2v) is 4.36. The van der Waals surface area contributed by atoms with E-state index in [1.807, 2.05) is 4.90 Å². The molecule has 0 saturated carbocycles. The Hall–Kier alpha value is -0.570. The number of hydrogen-bond acceptors (Lipinski definition) is 2. The minimum Gasteiger partial charge on any atom is -0.396 e. The molecule has 1 amide bonds. The summed E-state index contributed by atoms with van der Waals surface area (Å²) >= 11 is 0. The van der Waals surface area contributed by atoms with Crippen LogP contribution in [0.2, 0.25) is 0 Å². The molecule has 0 aromatic carbocycles. The molecule has 0 spiro atoms. The second-order valence-electron chi connectivity index (χ2n) is 4.36. The molecular weight excluding hydrogens is 178 g/mol. The Morgan fingerprint density at radius 2 is 2.36 bits per heavy atom. The van der Waals surface area contributed by atoms with Crippen LogP contribution in [0.4, 0.5) is 0 Å². The topological polar surface area (TPSA) is 40.5 Å². The van der Waals surface area contributed by atoms with Gasteiger partial charge in [-0.15, -0.1) is 0 Å². The first-order valence-corrected chi connectivity index (χ1v) is 5.51. The summed E-state index contributed by atoms with van der Waals surface area (Å²) in [6.07, 6.45) is 3.09. The van der Waals surface area contributed by atoms with Crippen LogP contribution < -0.4 is 0 Å². The van der Waals surface area contributed by atoms with Crippen LogP contribution >= 0.6 is 0 Å². The Bertz CT molecular complexity index is 194. The number of aliphatic hydroxyl groups is 1. The van der Waals surface area contributed by atoms with Crippen molar-refractivity contribution >= 4 is 5.91 Å². The first kappa shape index (κ1) is 11.5. The van der Waals surface area contributed by atoms with Crippen LogP contribution in [0.1, 0.15) is 33.1 Å². The number of hydrogen-bond donors (Lipinski definition) is 1. The molecule has 14 heavy (non-hydrogen) atoms. The lowest BCUT2D eigenvalue weighted by Gasteiger charge is -2.19. The summed E-state index contributed by atoms with van der Waals surface area (Å²) in [5, 5.41) is 8.73. The van der Waals surface area contributed by atoms with Crippen LogP contribution in [0.3, 0.4) is 0 Å². The fraction of sp³-hybridized carbons (Fsp3) is 0.909. The van der Waals surface area contributed by atoms with Gasteiger partial charge in [-0.1, -0.05) is 6.92 Å². The average Bonchev–Trinajstić information content (AvgIpc) is 2.62. The summed E-state index contributed by atoms with van der Waals surface area (Å²) in [7, 11) is 0. The second kappa shape index (κ2) is 5.35. The molecule has 3 heteroatoms. The SMILES string of the molecule is CC(=O)N1CCC(C(C)CCCO)C1. The van der Waals surface area contributed by atoms with Crippen molar-refractivity contribution in [1.82, 2.24) is 4.90 Å². The van der Waals surface area contributed by atoms with Crippen LogP contribution in [0.15, 0.2) is 0 Å². The van der Waals surface area contributed by atoms with Gasteiger partial charge in [0.25, 0.3) is 0 Å². The van der Waals surface area contributed by atoms with Crippen molar-refractivity contribution < 1.29 is 9.90 Å². The van der Waals surface area contributed by atoms with Gasteiger partial charge in [0.15, 0.2) is 0 Å². The number of aliphatic hydroxyl groups excluding tert-OH is 1. The van der Waals surface area contributed by atoms with Crippen LogP contribution in [0.25, 0.3) is 0 Å². The molecule has 1 aliphatic rings. The summed E-state index contributed by atoms with van der Waals surface area (Å²) in [5.74, 6) is 1.47. The Balaban J connectivity index is 2.30. The summed E-state index contributed by atoms with van der Waals surface area (Å²) in [6, 6.07) is 0. The molecule has 1 heterocycles. The summed E-state index contributed by atoms with van der Waals surface area (Å²) in [6.45, 7) is 5.99. The van der Waals surface area contributed by atoms with Gasteiger partial charge in [-0.05, 0) is 31.1 Å². The van der Waals surface area contributed by atoms with Crippen molar-refractivity contribution in [3.8, 4) is 0 Å². The third-order valence-corrected chi connectivity index (χ3v) is 3.29. The van der Waals surface area contributed by atoms with Gasteiger partial charge in [0, 0.05) is 26.6 Å².